The summed E-state index contributed by atoms with van der Waals surface area (Å²) in [6.07, 6.45) is 1.05. The maximum absolute atomic E-state index is 11.5. The number of esters is 2. The molecule has 5 nitrogen and oxygen atoms in total. The third-order valence-corrected chi connectivity index (χ3v) is 2.28. The van der Waals surface area contributed by atoms with Crippen LogP contribution in [-0.2, 0) is 19.1 Å². The molecule has 1 aromatic rings. The van der Waals surface area contributed by atoms with Gasteiger partial charge < -0.3 is 14.8 Å². The highest BCUT2D eigenvalue weighted by molar-refractivity contribution is 5.98. The van der Waals surface area contributed by atoms with E-state index in [1.165, 1.54) is 14.2 Å². The molecule has 1 rings (SSSR count). The maximum Gasteiger partial charge on any atom is 0.354 e. The summed E-state index contributed by atoms with van der Waals surface area (Å²) in [4.78, 5) is 22.7. The van der Waals surface area contributed by atoms with Crippen molar-refractivity contribution < 1.29 is 19.1 Å². The first-order chi connectivity index (χ1) is 8.58. The Bertz CT molecular complexity index is 480. The molecule has 18 heavy (non-hydrogen) atoms. The van der Waals surface area contributed by atoms with Gasteiger partial charge in [-0.25, -0.2) is 9.59 Å². The topological polar surface area (TPSA) is 64.6 Å². The molecular formula is C13H15NO4. The molecule has 0 aliphatic carbocycles. The lowest BCUT2D eigenvalue weighted by molar-refractivity contribution is -0.138. The van der Waals surface area contributed by atoms with E-state index in [2.05, 4.69) is 14.8 Å². The number of aryl methyl sites for hydroxylation is 1. The molecule has 0 radical (unpaired) electrons. The van der Waals surface area contributed by atoms with Crippen molar-refractivity contribution in [2.75, 3.05) is 19.5 Å². The standard InChI is InChI=1S/C13H15NO4/c1-9-6-4-5-7-10(9)14-11(13(16)18-3)8-12(15)17-2/h4-8,14H,1-3H3/b11-8+. The van der Waals surface area contributed by atoms with Crippen LogP contribution in [0.5, 0.6) is 0 Å². The number of nitrogens with one attached hydrogen (secondary N) is 1. The van der Waals surface area contributed by atoms with E-state index in [0.29, 0.717) is 0 Å². The second-order valence-electron chi connectivity index (χ2n) is 3.51. The van der Waals surface area contributed by atoms with Crippen molar-refractivity contribution in [2.24, 2.45) is 0 Å². The van der Waals surface area contributed by atoms with Crippen LogP contribution in [0, 0.1) is 6.92 Å². The lowest BCUT2D eigenvalue weighted by Gasteiger charge is -2.11. The molecule has 0 aromatic heterocycles. The molecular weight excluding hydrogens is 234 g/mol. The largest absolute Gasteiger partial charge is 0.466 e. The predicted octanol–water partition coefficient (Wildman–Crippen LogP) is 1.64. The van der Waals surface area contributed by atoms with Gasteiger partial charge in [0.15, 0.2) is 0 Å². The van der Waals surface area contributed by atoms with Crippen LogP contribution in [0.15, 0.2) is 36.0 Å². The van der Waals surface area contributed by atoms with E-state index in [-0.39, 0.29) is 5.70 Å². The molecule has 0 heterocycles. The highest BCUT2D eigenvalue weighted by Crippen LogP contribution is 2.16. The molecule has 0 aliphatic rings. The Morgan fingerprint density at radius 3 is 2.39 bits per heavy atom. The summed E-state index contributed by atoms with van der Waals surface area (Å²) < 4.78 is 9.07. The summed E-state index contributed by atoms with van der Waals surface area (Å²) in [5, 5.41) is 2.85. The van der Waals surface area contributed by atoms with E-state index in [1.54, 1.807) is 6.07 Å². The normalized spacial score (nSPS) is 10.7. The Kier molecular flexibility index (Phi) is 4.92. The van der Waals surface area contributed by atoms with E-state index in [0.717, 1.165) is 17.3 Å². The van der Waals surface area contributed by atoms with Crippen molar-refractivity contribution >= 4 is 17.6 Å². The number of anilines is 1. The minimum Gasteiger partial charge on any atom is -0.466 e. The molecule has 0 amide bonds. The van der Waals surface area contributed by atoms with Crippen LogP contribution in [0.1, 0.15) is 5.56 Å². The van der Waals surface area contributed by atoms with Crippen molar-refractivity contribution in [3.05, 3.63) is 41.6 Å². The summed E-state index contributed by atoms with van der Waals surface area (Å²) in [6, 6.07) is 7.38. The molecule has 0 unspecified atom stereocenters. The third kappa shape index (κ3) is 3.62. The first-order valence-electron chi connectivity index (χ1n) is 5.29. The van der Waals surface area contributed by atoms with Crippen molar-refractivity contribution in [2.45, 2.75) is 6.92 Å². The van der Waals surface area contributed by atoms with Gasteiger partial charge in [0.1, 0.15) is 5.70 Å². The van der Waals surface area contributed by atoms with E-state index in [9.17, 15) is 9.59 Å². The molecule has 0 aliphatic heterocycles. The highest BCUT2D eigenvalue weighted by atomic mass is 16.5. The quantitative estimate of drug-likeness (QED) is 0.649. The molecule has 0 atom stereocenters. The summed E-state index contributed by atoms with van der Waals surface area (Å²) in [5.41, 5.74) is 1.69. The third-order valence-electron chi connectivity index (χ3n) is 2.28. The first-order valence-corrected chi connectivity index (χ1v) is 5.29. The summed E-state index contributed by atoms with van der Waals surface area (Å²) in [5.74, 6) is -1.26. The SMILES string of the molecule is COC(=O)/C=C(/Nc1ccccc1C)C(=O)OC. The van der Waals surface area contributed by atoms with Gasteiger partial charge in [-0.15, -0.1) is 0 Å². The van der Waals surface area contributed by atoms with E-state index in [4.69, 9.17) is 0 Å². The zero-order chi connectivity index (χ0) is 13.5. The molecule has 96 valence electrons. The van der Waals surface area contributed by atoms with Crippen molar-refractivity contribution in [3.8, 4) is 0 Å². The minimum atomic E-state index is -0.636. The minimum absolute atomic E-state index is 0.0265. The Balaban J connectivity index is 3.00. The van der Waals surface area contributed by atoms with Gasteiger partial charge in [0.05, 0.1) is 20.3 Å². The summed E-state index contributed by atoms with van der Waals surface area (Å²) in [7, 11) is 2.48. The second kappa shape index (κ2) is 6.44. The number of rotatable bonds is 4. The number of para-hydroxylation sites is 1. The number of ether oxygens (including phenoxy) is 2. The molecule has 1 N–H and O–H groups in total. The van der Waals surface area contributed by atoms with E-state index >= 15 is 0 Å². The number of hydrogen-bond acceptors (Lipinski definition) is 5. The van der Waals surface area contributed by atoms with Crippen LogP contribution in [0.2, 0.25) is 0 Å². The fourth-order valence-electron chi connectivity index (χ4n) is 1.29. The van der Waals surface area contributed by atoms with Gasteiger partial charge in [0, 0.05) is 5.69 Å². The Morgan fingerprint density at radius 2 is 1.83 bits per heavy atom. The first kappa shape index (κ1) is 13.8. The van der Waals surface area contributed by atoms with Crippen molar-refractivity contribution in [1.29, 1.82) is 0 Å². The van der Waals surface area contributed by atoms with Crippen molar-refractivity contribution in [3.63, 3.8) is 0 Å². The van der Waals surface area contributed by atoms with Crippen LogP contribution < -0.4 is 5.32 Å². The van der Waals surface area contributed by atoms with Crippen LogP contribution in [-0.4, -0.2) is 26.2 Å². The number of benzene rings is 1. The van der Waals surface area contributed by atoms with E-state index in [1.807, 2.05) is 25.1 Å². The van der Waals surface area contributed by atoms with Gasteiger partial charge in [-0.1, -0.05) is 18.2 Å². The van der Waals surface area contributed by atoms with Gasteiger partial charge in [-0.05, 0) is 18.6 Å². The summed E-state index contributed by atoms with van der Waals surface area (Å²) >= 11 is 0. The van der Waals surface area contributed by atoms with Crippen LogP contribution in [0.25, 0.3) is 0 Å². The van der Waals surface area contributed by atoms with Crippen LogP contribution in [0.4, 0.5) is 5.69 Å². The highest BCUT2D eigenvalue weighted by Gasteiger charge is 2.13. The van der Waals surface area contributed by atoms with Gasteiger partial charge >= 0.3 is 11.9 Å². The average molecular weight is 249 g/mol. The molecule has 0 fully saturated rings. The fraction of sp³-hybridized carbons (Fsp3) is 0.231. The zero-order valence-corrected chi connectivity index (χ0v) is 10.5. The van der Waals surface area contributed by atoms with Gasteiger partial charge in [-0.2, -0.15) is 0 Å². The second-order valence-corrected chi connectivity index (χ2v) is 3.51. The number of carbonyl (C=O) groups excluding carboxylic acids is 2. The molecule has 0 saturated carbocycles. The van der Waals surface area contributed by atoms with Crippen LogP contribution >= 0.6 is 0 Å². The molecule has 0 saturated heterocycles. The van der Waals surface area contributed by atoms with Gasteiger partial charge in [-0.3, -0.25) is 0 Å². The van der Waals surface area contributed by atoms with E-state index < -0.39 is 11.9 Å². The number of methoxy groups -OCH3 is 2. The summed E-state index contributed by atoms with van der Waals surface area (Å²) in [6.45, 7) is 1.88. The average Bonchev–Trinajstić information content (AvgIpc) is 2.39. The number of hydrogen-bond donors (Lipinski definition) is 1. The lowest BCUT2D eigenvalue weighted by Crippen LogP contribution is -2.15. The maximum atomic E-state index is 11.5. The zero-order valence-electron chi connectivity index (χ0n) is 10.5. The Labute approximate surface area is 105 Å². The Hall–Kier alpha value is -2.30. The molecule has 5 heteroatoms. The molecule has 1 aromatic carbocycles. The lowest BCUT2D eigenvalue weighted by atomic mass is 10.2. The smallest absolute Gasteiger partial charge is 0.354 e. The van der Waals surface area contributed by atoms with Crippen molar-refractivity contribution in [1.82, 2.24) is 0 Å². The molecule has 0 bridgehead atoms. The monoisotopic (exact) mass is 249 g/mol. The Morgan fingerprint density at radius 1 is 1.17 bits per heavy atom. The predicted molar refractivity (Wildman–Crippen MR) is 66.9 cm³/mol. The fourth-order valence-corrected chi connectivity index (χ4v) is 1.29. The van der Waals surface area contributed by atoms with Crippen LogP contribution in [0.3, 0.4) is 0 Å². The number of carbonyl (C=O) groups is 2. The van der Waals surface area contributed by atoms with Gasteiger partial charge in [0.2, 0.25) is 0 Å². The van der Waals surface area contributed by atoms with Gasteiger partial charge in [0.25, 0.3) is 0 Å². The molecule has 0 spiro atoms.